The van der Waals surface area contributed by atoms with Gasteiger partial charge in [0.15, 0.2) is 17.3 Å². The van der Waals surface area contributed by atoms with Gasteiger partial charge in [-0.25, -0.2) is 4.98 Å². The van der Waals surface area contributed by atoms with Gasteiger partial charge in [-0.2, -0.15) is 9.50 Å². The highest BCUT2D eigenvalue weighted by atomic mass is 16.5. The minimum absolute atomic E-state index is 0.565. The monoisotopic (exact) mass is 358 g/mol. The molecular weight excluding hydrogens is 340 g/mol. The van der Waals surface area contributed by atoms with E-state index in [1.807, 2.05) is 24.3 Å². The number of nitrogens with zero attached hydrogens (tertiary/aromatic N) is 4. The summed E-state index contributed by atoms with van der Waals surface area (Å²) in [6, 6.07) is 16.1. The van der Waals surface area contributed by atoms with Crippen molar-refractivity contribution in [2.24, 2.45) is 0 Å². The number of aryl methyl sites for hydroxylation is 1. The van der Waals surface area contributed by atoms with Gasteiger partial charge >= 0.3 is 0 Å². The number of aromatic nitrogens is 4. The summed E-state index contributed by atoms with van der Waals surface area (Å²) in [5, 5.41) is 4.70. The smallest absolute Gasteiger partial charge is 0.253 e. The summed E-state index contributed by atoms with van der Waals surface area (Å²) in [6.45, 7) is 3.39. The number of rotatable bonds is 2. The van der Waals surface area contributed by atoms with Crippen molar-refractivity contribution in [1.29, 1.82) is 0 Å². The summed E-state index contributed by atoms with van der Waals surface area (Å²) in [5.74, 6) is 2.67. The molecule has 27 heavy (non-hydrogen) atoms. The minimum atomic E-state index is 0.565. The Kier molecular flexibility index (Phi) is 3.74. The van der Waals surface area contributed by atoms with Crippen LogP contribution in [0.1, 0.15) is 12.0 Å². The molecule has 3 heterocycles. The Morgan fingerprint density at radius 2 is 1.67 bits per heavy atom. The van der Waals surface area contributed by atoms with Crippen LogP contribution >= 0.6 is 0 Å². The summed E-state index contributed by atoms with van der Waals surface area (Å²) in [7, 11) is 0. The van der Waals surface area contributed by atoms with E-state index in [9.17, 15) is 0 Å². The molecule has 6 nitrogen and oxygen atoms in total. The molecule has 5 rings (SSSR count). The van der Waals surface area contributed by atoms with Gasteiger partial charge in [0.25, 0.3) is 5.78 Å². The zero-order valence-corrected chi connectivity index (χ0v) is 14.9. The molecule has 0 saturated carbocycles. The van der Waals surface area contributed by atoms with Gasteiger partial charge in [-0.3, -0.25) is 0 Å². The van der Waals surface area contributed by atoms with E-state index in [1.54, 1.807) is 10.7 Å². The van der Waals surface area contributed by atoms with Crippen LogP contribution in [0.2, 0.25) is 0 Å². The fraction of sp³-hybridized carbons (Fsp3) is 0.190. The van der Waals surface area contributed by atoms with Crippen LogP contribution in [0.3, 0.4) is 0 Å². The molecule has 2 aromatic heterocycles. The zero-order chi connectivity index (χ0) is 18.2. The fourth-order valence-electron chi connectivity index (χ4n) is 3.16. The standard InChI is InChI=1S/C21H18N4O2/c1-14-3-5-15(6-4-14)17-9-10-22-21-23-20(24-25(17)21)16-7-8-18-19(13-16)27-12-2-11-26-18/h3-10,13H,2,11-12H2,1H3. The van der Waals surface area contributed by atoms with Crippen LogP contribution in [0.15, 0.2) is 54.7 Å². The second-order valence-corrected chi connectivity index (χ2v) is 6.56. The van der Waals surface area contributed by atoms with Crippen LogP contribution in [0.5, 0.6) is 11.5 Å². The van der Waals surface area contributed by atoms with E-state index in [-0.39, 0.29) is 0 Å². The third kappa shape index (κ3) is 2.89. The van der Waals surface area contributed by atoms with Gasteiger partial charge in [-0.1, -0.05) is 29.8 Å². The lowest BCUT2D eigenvalue weighted by Crippen LogP contribution is -1.97. The van der Waals surface area contributed by atoms with Crippen LogP contribution in [-0.4, -0.2) is 32.8 Å². The molecule has 2 aromatic carbocycles. The van der Waals surface area contributed by atoms with E-state index in [0.717, 1.165) is 34.7 Å². The molecule has 0 saturated heterocycles. The molecule has 0 fully saturated rings. The lowest BCUT2D eigenvalue weighted by Gasteiger charge is -2.07. The van der Waals surface area contributed by atoms with E-state index < -0.39 is 0 Å². The maximum Gasteiger partial charge on any atom is 0.253 e. The molecule has 0 N–H and O–H groups in total. The number of ether oxygens (including phenoxy) is 2. The first-order valence-corrected chi connectivity index (χ1v) is 8.97. The largest absolute Gasteiger partial charge is 0.490 e. The normalized spacial score (nSPS) is 13.5. The van der Waals surface area contributed by atoms with Gasteiger partial charge in [0.1, 0.15) is 0 Å². The number of fused-ring (bicyclic) bond motifs is 2. The van der Waals surface area contributed by atoms with Crippen molar-refractivity contribution < 1.29 is 9.47 Å². The molecule has 4 aromatic rings. The predicted octanol–water partition coefficient (Wildman–Crippen LogP) is 3.93. The average Bonchev–Trinajstić information content (AvgIpc) is 3.00. The Morgan fingerprint density at radius 3 is 2.52 bits per heavy atom. The second kappa shape index (κ2) is 6.39. The number of benzene rings is 2. The maximum absolute atomic E-state index is 5.79. The molecule has 0 aliphatic carbocycles. The summed E-state index contributed by atoms with van der Waals surface area (Å²) in [6.07, 6.45) is 2.64. The number of hydrogen-bond acceptors (Lipinski definition) is 5. The van der Waals surface area contributed by atoms with E-state index in [0.29, 0.717) is 24.8 Å². The predicted molar refractivity (Wildman–Crippen MR) is 102 cm³/mol. The molecule has 6 heteroatoms. The van der Waals surface area contributed by atoms with Crippen LogP contribution in [0.25, 0.3) is 28.4 Å². The molecular formula is C21H18N4O2. The van der Waals surface area contributed by atoms with Gasteiger partial charge in [0, 0.05) is 23.7 Å². The fourth-order valence-corrected chi connectivity index (χ4v) is 3.16. The van der Waals surface area contributed by atoms with Crippen molar-refractivity contribution >= 4 is 5.78 Å². The van der Waals surface area contributed by atoms with Crippen molar-refractivity contribution in [3.63, 3.8) is 0 Å². The summed E-state index contributed by atoms with van der Waals surface area (Å²) < 4.78 is 13.3. The molecule has 0 spiro atoms. The Bertz CT molecular complexity index is 1120. The van der Waals surface area contributed by atoms with E-state index in [4.69, 9.17) is 14.6 Å². The molecule has 134 valence electrons. The summed E-state index contributed by atoms with van der Waals surface area (Å²) in [5.41, 5.74) is 4.12. The lowest BCUT2D eigenvalue weighted by atomic mass is 10.1. The van der Waals surface area contributed by atoms with Gasteiger partial charge in [-0.15, -0.1) is 5.10 Å². The first-order valence-electron chi connectivity index (χ1n) is 8.97. The minimum Gasteiger partial charge on any atom is -0.490 e. The van der Waals surface area contributed by atoms with Crippen molar-refractivity contribution in [3.05, 3.63) is 60.3 Å². The molecule has 0 amide bonds. The molecule has 1 aliphatic heterocycles. The van der Waals surface area contributed by atoms with Gasteiger partial charge in [0.2, 0.25) is 0 Å². The highest BCUT2D eigenvalue weighted by Crippen LogP contribution is 2.33. The summed E-state index contributed by atoms with van der Waals surface area (Å²) >= 11 is 0. The molecule has 0 atom stereocenters. The van der Waals surface area contributed by atoms with E-state index in [1.165, 1.54) is 5.56 Å². The quantitative estimate of drug-likeness (QED) is 0.543. The molecule has 0 bridgehead atoms. The van der Waals surface area contributed by atoms with E-state index >= 15 is 0 Å². The maximum atomic E-state index is 5.79. The third-order valence-electron chi connectivity index (χ3n) is 4.59. The SMILES string of the molecule is Cc1ccc(-c2ccnc3nc(-c4ccc5c(c4)OCCCO5)nn23)cc1. The van der Waals surface area contributed by atoms with Crippen LogP contribution < -0.4 is 9.47 Å². The Balaban J connectivity index is 1.60. The zero-order valence-electron chi connectivity index (χ0n) is 14.9. The molecule has 1 aliphatic rings. The van der Waals surface area contributed by atoms with Crippen LogP contribution in [-0.2, 0) is 0 Å². The average molecular weight is 358 g/mol. The third-order valence-corrected chi connectivity index (χ3v) is 4.59. The van der Waals surface area contributed by atoms with Gasteiger partial charge < -0.3 is 9.47 Å². The Hall–Kier alpha value is -3.41. The van der Waals surface area contributed by atoms with Crippen molar-refractivity contribution in [1.82, 2.24) is 19.6 Å². The number of hydrogen-bond donors (Lipinski definition) is 0. The van der Waals surface area contributed by atoms with Crippen LogP contribution in [0, 0.1) is 6.92 Å². The highest BCUT2D eigenvalue weighted by Gasteiger charge is 2.15. The van der Waals surface area contributed by atoms with E-state index in [2.05, 4.69) is 41.2 Å². The van der Waals surface area contributed by atoms with Gasteiger partial charge in [0.05, 0.1) is 18.9 Å². The Labute approximate surface area is 156 Å². The van der Waals surface area contributed by atoms with Crippen molar-refractivity contribution in [2.45, 2.75) is 13.3 Å². The first-order chi connectivity index (χ1) is 13.3. The highest BCUT2D eigenvalue weighted by molar-refractivity contribution is 5.65. The van der Waals surface area contributed by atoms with Crippen molar-refractivity contribution in [2.75, 3.05) is 13.2 Å². The second-order valence-electron chi connectivity index (χ2n) is 6.56. The lowest BCUT2D eigenvalue weighted by molar-refractivity contribution is 0.297. The molecule has 0 radical (unpaired) electrons. The van der Waals surface area contributed by atoms with Crippen LogP contribution in [0.4, 0.5) is 0 Å². The summed E-state index contributed by atoms with van der Waals surface area (Å²) in [4.78, 5) is 8.97. The molecule has 0 unspecified atom stereocenters. The van der Waals surface area contributed by atoms with Crippen molar-refractivity contribution in [3.8, 4) is 34.1 Å². The topological polar surface area (TPSA) is 61.5 Å². The first kappa shape index (κ1) is 15.8. The van der Waals surface area contributed by atoms with Gasteiger partial charge in [-0.05, 0) is 31.2 Å². The Morgan fingerprint density at radius 1 is 0.889 bits per heavy atom.